The lowest BCUT2D eigenvalue weighted by Crippen LogP contribution is -2.45. The van der Waals surface area contributed by atoms with Crippen LogP contribution in [0.25, 0.3) is 0 Å². The molecule has 0 aromatic rings. The maximum Gasteiger partial charge on any atom is 0.224 e. The zero-order chi connectivity index (χ0) is 12.0. The Morgan fingerprint density at radius 2 is 2.12 bits per heavy atom. The van der Waals surface area contributed by atoms with Gasteiger partial charge in [0.1, 0.15) is 0 Å². The summed E-state index contributed by atoms with van der Waals surface area (Å²) >= 11 is 0. The molecule has 1 amide bonds. The van der Waals surface area contributed by atoms with E-state index in [4.69, 9.17) is 4.74 Å². The van der Waals surface area contributed by atoms with E-state index in [1.165, 1.54) is 0 Å². The maximum absolute atomic E-state index is 11.8. The van der Waals surface area contributed by atoms with Crippen molar-refractivity contribution in [2.45, 2.75) is 12.5 Å². The van der Waals surface area contributed by atoms with Gasteiger partial charge in [0.2, 0.25) is 5.91 Å². The first-order valence-electron chi connectivity index (χ1n) is 5.79. The Bertz CT molecular complexity index is 215. The van der Waals surface area contributed by atoms with Crippen LogP contribution >= 0.6 is 0 Å². The number of nitrogens with one attached hydrogen (secondary N) is 1. The molecule has 1 aliphatic rings. The van der Waals surface area contributed by atoms with Crippen LogP contribution in [-0.4, -0.2) is 75.7 Å². The molecule has 0 aromatic heterocycles. The van der Waals surface area contributed by atoms with Gasteiger partial charge in [-0.2, -0.15) is 0 Å². The molecule has 1 aliphatic heterocycles. The van der Waals surface area contributed by atoms with Crippen molar-refractivity contribution in [3.05, 3.63) is 0 Å². The van der Waals surface area contributed by atoms with Gasteiger partial charge in [-0.1, -0.05) is 0 Å². The van der Waals surface area contributed by atoms with E-state index in [1.807, 2.05) is 21.1 Å². The van der Waals surface area contributed by atoms with Gasteiger partial charge in [-0.25, -0.2) is 0 Å². The molecule has 5 nitrogen and oxygen atoms in total. The SMILES string of the molecule is CN(C)CCN(C)C(=O)CC1COCCN1. The van der Waals surface area contributed by atoms with Gasteiger partial charge in [-0.05, 0) is 14.1 Å². The molecule has 1 saturated heterocycles. The lowest BCUT2D eigenvalue weighted by atomic mass is 10.2. The number of carbonyl (C=O) groups is 1. The summed E-state index contributed by atoms with van der Waals surface area (Å²) in [6, 6.07) is 0.183. The van der Waals surface area contributed by atoms with Gasteiger partial charge >= 0.3 is 0 Å². The Labute approximate surface area is 97.7 Å². The van der Waals surface area contributed by atoms with E-state index in [-0.39, 0.29) is 11.9 Å². The van der Waals surface area contributed by atoms with E-state index in [0.717, 1.165) is 26.2 Å². The highest BCUT2D eigenvalue weighted by Gasteiger charge is 2.18. The summed E-state index contributed by atoms with van der Waals surface area (Å²) in [5.74, 6) is 0.185. The van der Waals surface area contributed by atoms with Gasteiger partial charge in [0, 0.05) is 39.1 Å². The minimum atomic E-state index is 0.183. The number of amides is 1. The molecule has 1 rings (SSSR count). The van der Waals surface area contributed by atoms with Crippen molar-refractivity contribution < 1.29 is 9.53 Å². The average Bonchev–Trinajstić information content (AvgIpc) is 2.27. The lowest BCUT2D eigenvalue weighted by Gasteiger charge is -2.26. The zero-order valence-electron chi connectivity index (χ0n) is 10.5. The summed E-state index contributed by atoms with van der Waals surface area (Å²) in [5, 5.41) is 3.29. The van der Waals surface area contributed by atoms with Crippen LogP contribution in [0.5, 0.6) is 0 Å². The molecule has 1 atom stereocenters. The molecule has 0 radical (unpaired) electrons. The molecular weight excluding hydrogens is 206 g/mol. The van der Waals surface area contributed by atoms with Gasteiger partial charge in [0.25, 0.3) is 0 Å². The van der Waals surface area contributed by atoms with Crippen molar-refractivity contribution in [3.63, 3.8) is 0 Å². The molecule has 1 heterocycles. The smallest absolute Gasteiger partial charge is 0.224 e. The molecule has 1 unspecified atom stereocenters. The number of rotatable bonds is 5. The second-order valence-corrected chi connectivity index (χ2v) is 4.55. The van der Waals surface area contributed by atoms with Crippen molar-refractivity contribution in [1.82, 2.24) is 15.1 Å². The van der Waals surface area contributed by atoms with E-state index < -0.39 is 0 Å². The number of likely N-dealkylation sites (N-methyl/N-ethyl adjacent to an activating group) is 2. The van der Waals surface area contributed by atoms with E-state index in [1.54, 1.807) is 4.90 Å². The minimum Gasteiger partial charge on any atom is -0.378 e. The van der Waals surface area contributed by atoms with Gasteiger partial charge in [-0.3, -0.25) is 4.79 Å². The van der Waals surface area contributed by atoms with E-state index >= 15 is 0 Å². The van der Waals surface area contributed by atoms with Gasteiger partial charge < -0.3 is 19.9 Å². The second-order valence-electron chi connectivity index (χ2n) is 4.55. The van der Waals surface area contributed by atoms with E-state index in [0.29, 0.717) is 13.0 Å². The third kappa shape index (κ3) is 4.92. The largest absolute Gasteiger partial charge is 0.378 e. The van der Waals surface area contributed by atoms with Gasteiger partial charge in [0.05, 0.1) is 13.2 Å². The highest BCUT2D eigenvalue weighted by atomic mass is 16.5. The Morgan fingerprint density at radius 3 is 2.69 bits per heavy atom. The summed E-state index contributed by atoms with van der Waals surface area (Å²) < 4.78 is 5.32. The first-order valence-corrected chi connectivity index (χ1v) is 5.79. The summed E-state index contributed by atoms with van der Waals surface area (Å²) in [6.45, 7) is 3.92. The van der Waals surface area contributed by atoms with Gasteiger partial charge in [-0.15, -0.1) is 0 Å². The number of nitrogens with zero attached hydrogens (tertiary/aromatic N) is 2. The van der Waals surface area contributed by atoms with E-state index in [2.05, 4.69) is 10.2 Å². The molecule has 1 N–H and O–H groups in total. The number of carbonyl (C=O) groups excluding carboxylic acids is 1. The van der Waals surface area contributed by atoms with Crippen molar-refractivity contribution in [3.8, 4) is 0 Å². The van der Waals surface area contributed by atoms with Crippen molar-refractivity contribution in [2.75, 3.05) is 54.0 Å². The fraction of sp³-hybridized carbons (Fsp3) is 0.909. The summed E-state index contributed by atoms with van der Waals surface area (Å²) in [5.41, 5.74) is 0. The minimum absolute atomic E-state index is 0.183. The Kier molecular flexibility index (Phi) is 5.73. The van der Waals surface area contributed by atoms with Crippen molar-refractivity contribution in [1.29, 1.82) is 0 Å². The normalized spacial score (nSPS) is 21.1. The number of hydrogen-bond donors (Lipinski definition) is 1. The van der Waals surface area contributed by atoms with Crippen molar-refractivity contribution >= 4 is 5.91 Å². The number of hydrogen-bond acceptors (Lipinski definition) is 4. The van der Waals surface area contributed by atoms with Gasteiger partial charge in [0.15, 0.2) is 0 Å². The van der Waals surface area contributed by atoms with Crippen LogP contribution in [0.1, 0.15) is 6.42 Å². The molecule has 0 spiro atoms. The number of morpholine rings is 1. The predicted octanol–water partition coefficient (Wildman–Crippen LogP) is -0.615. The average molecular weight is 229 g/mol. The van der Waals surface area contributed by atoms with Crippen LogP contribution in [0.3, 0.4) is 0 Å². The molecule has 0 saturated carbocycles. The maximum atomic E-state index is 11.8. The summed E-state index contributed by atoms with van der Waals surface area (Å²) in [7, 11) is 5.87. The first-order chi connectivity index (χ1) is 7.59. The first kappa shape index (κ1) is 13.4. The number of ether oxygens (including phenoxy) is 1. The Morgan fingerprint density at radius 1 is 1.38 bits per heavy atom. The van der Waals surface area contributed by atoms with E-state index in [9.17, 15) is 4.79 Å². The molecule has 5 heteroatoms. The van der Waals surface area contributed by atoms with Crippen LogP contribution in [-0.2, 0) is 9.53 Å². The molecule has 0 aromatic carbocycles. The topological polar surface area (TPSA) is 44.8 Å². The third-order valence-electron chi connectivity index (χ3n) is 2.73. The molecular formula is C11H23N3O2. The Balaban J connectivity index is 2.22. The molecule has 1 fully saturated rings. The summed E-state index contributed by atoms with van der Waals surface area (Å²) in [4.78, 5) is 15.7. The summed E-state index contributed by atoms with van der Waals surface area (Å²) in [6.07, 6.45) is 0.532. The quantitative estimate of drug-likeness (QED) is 0.683. The monoisotopic (exact) mass is 229 g/mol. The van der Waals surface area contributed by atoms with Crippen LogP contribution < -0.4 is 5.32 Å². The zero-order valence-corrected chi connectivity index (χ0v) is 10.5. The highest BCUT2D eigenvalue weighted by molar-refractivity contribution is 5.76. The van der Waals surface area contributed by atoms with Crippen LogP contribution in [0, 0.1) is 0 Å². The second kappa shape index (κ2) is 6.83. The molecule has 0 aliphatic carbocycles. The van der Waals surface area contributed by atoms with Crippen LogP contribution in [0.4, 0.5) is 0 Å². The third-order valence-corrected chi connectivity index (χ3v) is 2.73. The molecule has 16 heavy (non-hydrogen) atoms. The van der Waals surface area contributed by atoms with Crippen molar-refractivity contribution in [2.24, 2.45) is 0 Å². The van der Waals surface area contributed by atoms with Crippen LogP contribution in [0.2, 0.25) is 0 Å². The van der Waals surface area contributed by atoms with Crippen LogP contribution in [0.15, 0.2) is 0 Å². The fourth-order valence-corrected chi connectivity index (χ4v) is 1.59. The fourth-order valence-electron chi connectivity index (χ4n) is 1.59. The predicted molar refractivity (Wildman–Crippen MR) is 63.4 cm³/mol. The highest BCUT2D eigenvalue weighted by Crippen LogP contribution is 2.01. The Hall–Kier alpha value is -0.650. The standard InChI is InChI=1S/C11H23N3O2/c1-13(2)5-6-14(3)11(15)8-10-9-16-7-4-12-10/h10,12H,4-9H2,1-3H3. The lowest BCUT2D eigenvalue weighted by molar-refractivity contribution is -0.131. The molecule has 94 valence electrons. The molecule has 0 bridgehead atoms.